The Morgan fingerprint density at radius 3 is 2.73 bits per heavy atom. The molecule has 0 saturated heterocycles. The summed E-state index contributed by atoms with van der Waals surface area (Å²) < 4.78 is 33.7. The molecule has 1 amide bonds. The summed E-state index contributed by atoms with van der Waals surface area (Å²) in [6, 6.07) is 6.28. The first-order chi connectivity index (χ1) is 18.9. The molecule has 1 aliphatic rings. The number of carbonyl (C=O) groups is 2. The van der Waals surface area contributed by atoms with E-state index in [-0.39, 0.29) is 29.2 Å². The third kappa shape index (κ3) is 5.16. The zero-order valence-corrected chi connectivity index (χ0v) is 23.0. The second kappa shape index (κ2) is 10.4. The summed E-state index contributed by atoms with van der Waals surface area (Å²) in [5.41, 5.74) is 2.25. The van der Waals surface area contributed by atoms with Crippen LogP contribution in [0.15, 0.2) is 34.9 Å². The number of halogens is 1. The van der Waals surface area contributed by atoms with Crippen molar-refractivity contribution in [3.63, 3.8) is 0 Å². The maximum Gasteiger partial charge on any atom is 0.337 e. The summed E-state index contributed by atoms with van der Waals surface area (Å²) in [5, 5.41) is 17.6. The monoisotopic (exact) mass is 550 g/mol. The number of hydrogen-bond acceptors (Lipinski definition) is 7. The van der Waals surface area contributed by atoms with Crippen LogP contribution in [0.2, 0.25) is 0 Å². The lowest BCUT2D eigenvalue weighted by molar-refractivity contribution is -0.160. The van der Waals surface area contributed by atoms with Gasteiger partial charge in [0.05, 0.1) is 30.7 Å². The fraction of sp³-hybridized carbons (Fsp3) is 0.379. The fourth-order valence-corrected chi connectivity index (χ4v) is 4.98. The molecule has 5 rings (SSSR count). The van der Waals surface area contributed by atoms with Gasteiger partial charge in [0.15, 0.2) is 29.0 Å². The third-order valence-corrected chi connectivity index (χ3v) is 6.71. The van der Waals surface area contributed by atoms with Gasteiger partial charge in [0, 0.05) is 28.5 Å². The Morgan fingerprint density at radius 1 is 1.27 bits per heavy atom. The predicted octanol–water partition coefficient (Wildman–Crippen LogP) is 4.94. The number of ether oxygens (including phenoxy) is 2. The molecule has 4 aromatic rings. The van der Waals surface area contributed by atoms with E-state index in [0.29, 0.717) is 41.3 Å². The van der Waals surface area contributed by atoms with Crippen LogP contribution in [0, 0.1) is 19.7 Å². The lowest BCUT2D eigenvalue weighted by Crippen LogP contribution is -2.29. The normalized spacial score (nSPS) is 14.1. The highest BCUT2D eigenvalue weighted by atomic mass is 19.1. The van der Waals surface area contributed by atoms with E-state index in [1.807, 2.05) is 6.92 Å². The number of carboxylic acids is 1. The smallest absolute Gasteiger partial charge is 0.337 e. The molecule has 0 bridgehead atoms. The zero-order chi connectivity index (χ0) is 28.8. The minimum absolute atomic E-state index is 0.0555. The minimum atomic E-state index is -1.44. The van der Waals surface area contributed by atoms with E-state index in [9.17, 15) is 14.7 Å². The molecule has 0 aliphatic carbocycles. The van der Waals surface area contributed by atoms with Crippen molar-refractivity contribution in [2.45, 2.75) is 65.7 Å². The number of fused-ring (bicyclic) bond motifs is 2. The Labute approximate surface area is 230 Å². The Balaban J connectivity index is 1.74. The molecule has 2 N–H and O–H groups in total. The Bertz CT molecular complexity index is 1600. The van der Waals surface area contributed by atoms with Crippen molar-refractivity contribution in [2.24, 2.45) is 0 Å². The van der Waals surface area contributed by atoms with Crippen LogP contribution >= 0.6 is 0 Å². The average molecular weight is 551 g/mol. The maximum atomic E-state index is 15.4. The summed E-state index contributed by atoms with van der Waals surface area (Å²) in [6.45, 7) is 9.33. The molecule has 11 heteroatoms. The molecular weight excluding hydrogens is 519 g/mol. The average Bonchev–Trinajstić information content (AvgIpc) is 3.57. The molecule has 0 radical (unpaired) electrons. The van der Waals surface area contributed by atoms with Crippen LogP contribution in [-0.2, 0) is 22.5 Å². The molecule has 1 atom stereocenters. The van der Waals surface area contributed by atoms with Crippen molar-refractivity contribution in [1.82, 2.24) is 19.9 Å². The first kappa shape index (κ1) is 27.3. The number of carboxylic acid groups (broad SMARTS) is 1. The number of furan rings is 1. The number of hydrogen-bond donors (Lipinski definition) is 2. The summed E-state index contributed by atoms with van der Waals surface area (Å²) in [5.74, 6) is -1.50. The standard InChI is InChI=1S/C29H31FN4O6/c1-15-18-9-7-11-39-25(18)20(30)12-19(15)24-23(26(28(36)37)40-29(3,4)5)16(2)32-22-13-21(33-34(22)24)27(35)31-14-17-8-6-10-38-17/h6,8,10,12-13,26H,7,9,11,14H2,1-5H3,(H,31,35)(H,36,37)/t26-/m0/s1. The largest absolute Gasteiger partial charge is 0.490 e. The van der Waals surface area contributed by atoms with E-state index in [1.54, 1.807) is 39.8 Å². The highest BCUT2D eigenvalue weighted by molar-refractivity contribution is 5.93. The van der Waals surface area contributed by atoms with Gasteiger partial charge in [-0.1, -0.05) is 0 Å². The summed E-state index contributed by atoms with van der Waals surface area (Å²) >= 11 is 0. The molecule has 0 saturated carbocycles. The number of aryl methyl sites for hydroxylation is 1. The van der Waals surface area contributed by atoms with Gasteiger partial charge in [-0.3, -0.25) is 4.79 Å². The molecular formula is C29H31FN4O6. The van der Waals surface area contributed by atoms with Gasteiger partial charge in [-0.25, -0.2) is 18.7 Å². The van der Waals surface area contributed by atoms with Crippen molar-refractivity contribution in [3.8, 4) is 17.0 Å². The number of aromatic nitrogens is 3. The molecule has 40 heavy (non-hydrogen) atoms. The molecule has 1 aromatic carbocycles. The van der Waals surface area contributed by atoms with Crippen molar-refractivity contribution in [3.05, 3.63) is 70.2 Å². The first-order valence-electron chi connectivity index (χ1n) is 13.0. The zero-order valence-electron chi connectivity index (χ0n) is 23.0. The molecule has 0 spiro atoms. The number of carbonyl (C=O) groups excluding carboxylic acids is 1. The molecule has 0 unspecified atom stereocenters. The summed E-state index contributed by atoms with van der Waals surface area (Å²) in [6.07, 6.45) is 1.40. The van der Waals surface area contributed by atoms with Crippen molar-refractivity contribution in [2.75, 3.05) is 6.61 Å². The highest BCUT2D eigenvalue weighted by Gasteiger charge is 2.35. The molecule has 1 aliphatic heterocycles. The van der Waals surface area contributed by atoms with E-state index in [0.717, 1.165) is 12.0 Å². The quantitative estimate of drug-likeness (QED) is 0.331. The Kier molecular flexibility index (Phi) is 7.09. The minimum Gasteiger partial charge on any atom is -0.490 e. The van der Waals surface area contributed by atoms with Crippen LogP contribution in [0.5, 0.6) is 5.75 Å². The van der Waals surface area contributed by atoms with Gasteiger partial charge in [0.1, 0.15) is 5.76 Å². The van der Waals surface area contributed by atoms with Gasteiger partial charge in [-0.2, -0.15) is 5.10 Å². The lowest BCUT2D eigenvalue weighted by atomic mass is 9.91. The summed E-state index contributed by atoms with van der Waals surface area (Å²) in [4.78, 5) is 30.2. The van der Waals surface area contributed by atoms with Gasteiger partial charge in [-0.15, -0.1) is 0 Å². The van der Waals surface area contributed by atoms with Crippen molar-refractivity contribution in [1.29, 1.82) is 0 Å². The van der Waals surface area contributed by atoms with Gasteiger partial charge in [0.2, 0.25) is 0 Å². The number of rotatable bonds is 7. The van der Waals surface area contributed by atoms with Crippen LogP contribution in [0.1, 0.15) is 71.9 Å². The topological polar surface area (TPSA) is 128 Å². The number of aliphatic carboxylic acids is 1. The van der Waals surface area contributed by atoms with Crippen LogP contribution in [0.4, 0.5) is 4.39 Å². The van der Waals surface area contributed by atoms with E-state index in [2.05, 4.69) is 15.4 Å². The number of benzene rings is 1. The van der Waals surface area contributed by atoms with Gasteiger partial charge < -0.3 is 24.3 Å². The SMILES string of the molecule is Cc1nc2cc(C(=O)NCc3ccco3)nn2c(-c2cc(F)c3c(c2C)CCCO3)c1[C@H](OC(C)(C)C)C(=O)O. The van der Waals surface area contributed by atoms with E-state index in [1.165, 1.54) is 22.9 Å². The third-order valence-electron chi connectivity index (χ3n) is 6.71. The van der Waals surface area contributed by atoms with Crippen molar-refractivity contribution < 1.29 is 33.0 Å². The van der Waals surface area contributed by atoms with Crippen LogP contribution < -0.4 is 10.1 Å². The van der Waals surface area contributed by atoms with Crippen LogP contribution in [-0.4, -0.2) is 43.8 Å². The molecule has 3 aromatic heterocycles. The predicted molar refractivity (Wildman–Crippen MR) is 143 cm³/mol. The number of amides is 1. The summed E-state index contributed by atoms with van der Waals surface area (Å²) in [7, 11) is 0. The molecule has 4 heterocycles. The highest BCUT2D eigenvalue weighted by Crippen LogP contribution is 2.41. The van der Waals surface area contributed by atoms with Crippen LogP contribution in [0.25, 0.3) is 16.9 Å². The van der Waals surface area contributed by atoms with Crippen LogP contribution in [0.3, 0.4) is 0 Å². The second-order valence-electron chi connectivity index (χ2n) is 10.8. The molecule has 210 valence electrons. The van der Waals surface area contributed by atoms with E-state index < -0.39 is 29.4 Å². The molecule has 10 nitrogen and oxygen atoms in total. The lowest BCUT2D eigenvalue weighted by Gasteiger charge is -2.28. The van der Waals surface area contributed by atoms with Gasteiger partial charge >= 0.3 is 5.97 Å². The fourth-order valence-electron chi connectivity index (χ4n) is 4.98. The molecule has 0 fully saturated rings. The first-order valence-corrected chi connectivity index (χ1v) is 13.0. The van der Waals surface area contributed by atoms with Gasteiger partial charge in [-0.05, 0) is 71.2 Å². The van der Waals surface area contributed by atoms with Gasteiger partial charge in [0.25, 0.3) is 5.91 Å². The maximum absolute atomic E-state index is 15.4. The van der Waals surface area contributed by atoms with E-state index >= 15 is 4.39 Å². The Morgan fingerprint density at radius 2 is 2.05 bits per heavy atom. The number of nitrogens with zero attached hydrogens (tertiary/aromatic N) is 3. The second-order valence-corrected chi connectivity index (χ2v) is 10.8. The van der Waals surface area contributed by atoms with Crippen molar-refractivity contribution >= 4 is 17.5 Å². The number of nitrogens with one attached hydrogen (secondary N) is 1. The van der Waals surface area contributed by atoms with E-state index in [4.69, 9.17) is 13.9 Å². The Hall–Kier alpha value is -4.25.